The van der Waals surface area contributed by atoms with Gasteiger partial charge in [0, 0.05) is 5.41 Å². The van der Waals surface area contributed by atoms with Crippen molar-refractivity contribution in [3.63, 3.8) is 0 Å². The van der Waals surface area contributed by atoms with Gasteiger partial charge in [0.2, 0.25) is 0 Å². The maximum absolute atomic E-state index is 5.81. The van der Waals surface area contributed by atoms with Crippen LogP contribution in [-0.2, 0) is 14.9 Å². The molecule has 0 aliphatic rings. The van der Waals surface area contributed by atoms with Crippen LogP contribution >= 0.6 is 31.9 Å². The molecule has 2 aromatic carbocycles. The largest absolute Gasteiger partial charge is 0.490 e. The standard InChI is InChI=1S/C25H30Br2O4/c1-5-11-28-13-15-30-23-9-7-19(17-21(23)26)25(3,4)20-8-10-24(22(27)18-20)31-16-14-29-12-6-2/h5-10,17-18H,1-2,11-16H2,3-4H3. The second-order valence-electron chi connectivity index (χ2n) is 7.34. The van der Waals surface area contributed by atoms with Crippen LogP contribution in [0.4, 0.5) is 0 Å². The van der Waals surface area contributed by atoms with Crippen molar-refractivity contribution in [3.8, 4) is 11.5 Å². The molecule has 0 N–H and O–H groups in total. The van der Waals surface area contributed by atoms with Gasteiger partial charge in [0.15, 0.2) is 0 Å². The van der Waals surface area contributed by atoms with Gasteiger partial charge >= 0.3 is 0 Å². The van der Waals surface area contributed by atoms with Crippen LogP contribution < -0.4 is 9.47 Å². The van der Waals surface area contributed by atoms with Gasteiger partial charge in [-0.25, -0.2) is 0 Å². The van der Waals surface area contributed by atoms with Crippen LogP contribution in [0, 0.1) is 0 Å². The SMILES string of the molecule is C=CCOCCOc1ccc(C(C)(C)c2ccc(OCCOCC=C)c(Br)c2)cc1Br. The van der Waals surface area contributed by atoms with E-state index in [9.17, 15) is 0 Å². The van der Waals surface area contributed by atoms with E-state index in [-0.39, 0.29) is 5.41 Å². The van der Waals surface area contributed by atoms with Gasteiger partial charge in [0.25, 0.3) is 0 Å². The highest BCUT2D eigenvalue weighted by molar-refractivity contribution is 9.10. The molecule has 0 spiro atoms. The van der Waals surface area contributed by atoms with E-state index in [2.05, 4.69) is 83.1 Å². The van der Waals surface area contributed by atoms with Crippen LogP contribution in [0.3, 0.4) is 0 Å². The minimum atomic E-state index is -0.206. The van der Waals surface area contributed by atoms with Crippen molar-refractivity contribution >= 4 is 31.9 Å². The molecule has 6 heteroatoms. The van der Waals surface area contributed by atoms with Gasteiger partial charge in [-0.05, 0) is 67.3 Å². The van der Waals surface area contributed by atoms with E-state index in [0.29, 0.717) is 39.6 Å². The predicted molar refractivity (Wildman–Crippen MR) is 133 cm³/mol. The summed E-state index contributed by atoms with van der Waals surface area (Å²) in [7, 11) is 0. The lowest BCUT2D eigenvalue weighted by molar-refractivity contribution is 0.121. The molecule has 4 nitrogen and oxygen atoms in total. The number of ether oxygens (including phenoxy) is 4. The number of rotatable bonds is 14. The highest BCUT2D eigenvalue weighted by Crippen LogP contribution is 2.38. The van der Waals surface area contributed by atoms with Gasteiger partial charge in [-0.1, -0.05) is 38.1 Å². The lowest BCUT2D eigenvalue weighted by atomic mass is 9.78. The van der Waals surface area contributed by atoms with Crippen LogP contribution in [0.15, 0.2) is 70.7 Å². The van der Waals surface area contributed by atoms with Crippen molar-refractivity contribution in [2.24, 2.45) is 0 Å². The van der Waals surface area contributed by atoms with E-state index < -0.39 is 0 Å². The molecule has 0 fully saturated rings. The summed E-state index contributed by atoms with van der Waals surface area (Å²) in [5.41, 5.74) is 2.14. The summed E-state index contributed by atoms with van der Waals surface area (Å²) in [5, 5.41) is 0. The first kappa shape index (κ1) is 25.7. The first-order valence-electron chi connectivity index (χ1n) is 10.1. The Bertz CT molecular complexity index is 795. The quantitative estimate of drug-likeness (QED) is 0.193. The van der Waals surface area contributed by atoms with Gasteiger partial charge in [0.05, 0.1) is 35.4 Å². The minimum Gasteiger partial charge on any atom is -0.490 e. The molecule has 0 aliphatic heterocycles. The molecular weight excluding hydrogens is 524 g/mol. The Kier molecular flexibility index (Phi) is 10.8. The van der Waals surface area contributed by atoms with E-state index >= 15 is 0 Å². The lowest BCUT2D eigenvalue weighted by Crippen LogP contribution is -2.19. The first-order chi connectivity index (χ1) is 14.9. The number of benzene rings is 2. The number of halogens is 2. The summed E-state index contributed by atoms with van der Waals surface area (Å²) in [6.07, 6.45) is 3.45. The van der Waals surface area contributed by atoms with Crippen LogP contribution in [0.5, 0.6) is 11.5 Å². The molecule has 0 aromatic heterocycles. The zero-order valence-electron chi connectivity index (χ0n) is 18.2. The van der Waals surface area contributed by atoms with E-state index in [1.807, 2.05) is 12.1 Å². The molecule has 0 unspecified atom stereocenters. The first-order valence-corrected chi connectivity index (χ1v) is 11.7. The molecule has 0 heterocycles. The Morgan fingerprint density at radius 3 is 1.52 bits per heavy atom. The molecule has 2 rings (SSSR count). The zero-order valence-corrected chi connectivity index (χ0v) is 21.3. The summed E-state index contributed by atoms with van der Waals surface area (Å²) >= 11 is 7.28. The molecular formula is C25H30Br2O4. The molecule has 0 saturated carbocycles. The maximum atomic E-state index is 5.81. The zero-order chi connectivity index (χ0) is 22.7. The average molecular weight is 554 g/mol. The number of hydrogen-bond donors (Lipinski definition) is 0. The molecule has 0 amide bonds. The molecule has 0 aliphatic carbocycles. The van der Waals surface area contributed by atoms with Crippen LogP contribution in [0.25, 0.3) is 0 Å². The smallest absolute Gasteiger partial charge is 0.133 e. The topological polar surface area (TPSA) is 36.9 Å². The highest BCUT2D eigenvalue weighted by atomic mass is 79.9. The molecule has 0 radical (unpaired) electrons. The molecule has 31 heavy (non-hydrogen) atoms. The van der Waals surface area contributed by atoms with Gasteiger partial charge in [0.1, 0.15) is 24.7 Å². The summed E-state index contributed by atoms with van der Waals surface area (Å²) in [4.78, 5) is 0. The third-order valence-electron chi connectivity index (χ3n) is 4.75. The second-order valence-corrected chi connectivity index (χ2v) is 9.05. The lowest BCUT2D eigenvalue weighted by Gasteiger charge is -2.27. The minimum absolute atomic E-state index is 0.206. The van der Waals surface area contributed by atoms with Gasteiger partial charge in [-0.15, -0.1) is 13.2 Å². The van der Waals surface area contributed by atoms with Crippen LogP contribution in [0.2, 0.25) is 0 Å². The molecule has 168 valence electrons. The van der Waals surface area contributed by atoms with Crippen molar-refractivity contribution in [3.05, 3.63) is 81.8 Å². The van der Waals surface area contributed by atoms with Crippen molar-refractivity contribution in [2.45, 2.75) is 19.3 Å². The Hall–Kier alpha value is -1.60. The van der Waals surface area contributed by atoms with Gasteiger partial charge in [-0.2, -0.15) is 0 Å². The molecule has 2 aromatic rings. The molecule has 0 bridgehead atoms. The van der Waals surface area contributed by atoms with E-state index in [1.165, 1.54) is 11.1 Å². The van der Waals surface area contributed by atoms with E-state index in [1.54, 1.807) is 12.2 Å². The fraction of sp³-hybridized carbons (Fsp3) is 0.360. The molecule has 0 saturated heterocycles. The Morgan fingerprint density at radius 1 is 0.742 bits per heavy atom. The van der Waals surface area contributed by atoms with Crippen molar-refractivity contribution < 1.29 is 18.9 Å². The van der Waals surface area contributed by atoms with E-state index in [0.717, 1.165) is 20.4 Å². The fourth-order valence-electron chi connectivity index (χ4n) is 2.93. The third kappa shape index (κ3) is 7.79. The second kappa shape index (κ2) is 13.1. The predicted octanol–water partition coefficient (Wildman–Crippen LogP) is 6.70. The van der Waals surface area contributed by atoms with E-state index in [4.69, 9.17) is 18.9 Å². The average Bonchev–Trinajstić information content (AvgIpc) is 2.75. The van der Waals surface area contributed by atoms with Crippen molar-refractivity contribution in [2.75, 3.05) is 39.6 Å². The summed E-state index contributed by atoms with van der Waals surface area (Å²) in [6, 6.07) is 12.4. The summed E-state index contributed by atoms with van der Waals surface area (Å²) < 4.78 is 24.2. The normalized spacial score (nSPS) is 11.2. The number of hydrogen-bond acceptors (Lipinski definition) is 4. The monoisotopic (exact) mass is 552 g/mol. The summed E-state index contributed by atoms with van der Waals surface area (Å²) in [6.45, 7) is 14.7. The Labute approximate surface area is 202 Å². The van der Waals surface area contributed by atoms with Crippen molar-refractivity contribution in [1.29, 1.82) is 0 Å². The highest BCUT2D eigenvalue weighted by Gasteiger charge is 2.25. The molecule has 0 atom stereocenters. The summed E-state index contributed by atoms with van der Waals surface area (Å²) in [5.74, 6) is 1.59. The van der Waals surface area contributed by atoms with Crippen molar-refractivity contribution in [1.82, 2.24) is 0 Å². The van der Waals surface area contributed by atoms with Gasteiger partial charge < -0.3 is 18.9 Å². The Morgan fingerprint density at radius 2 is 1.16 bits per heavy atom. The third-order valence-corrected chi connectivity index (χ3v) is 5.99. The maximum Gasteiger partial charge on any atom is 0.133 e. The van der Waals surface area contributed by atoms with Crippen LogP contribution in [0.1, 0.15) is 25.0 Å². The van der Waals surface area contributed by atoms with Crippen LogP contribution in [-0.4, -0.2) is 39.6 Å². The Balaban J connectivity index is 2.04. The fourth-order valence-corrected chi connectivity index (χ4v) is 3.92. The van der Waals surface area contributed by atoms with Gasteiger partial charge in [-0.3, -0.25) is 0 Å².